The van der Waals surface area contributed by atoms with Crippen LogP contribution in [0.1, 0.15) is 5.56 Å². The SMILES string of the molecule is COc1ccc(-c2nc3cc(CO)ccc3nc2-c2ccccc2)cc1. The molecule has 0 fully saturated rings. The fourth-order valence-corrected chi connectivity index (χ4v) is 2.95. The molecule has 1 N–H and O–H groups in total. The Kier molecular flexibility index (Phi) is 4.33. The van der Waals surface area contributed by atoms with Gasteiger partial charge in [-0.3, -0.25) is 0 Å². The normalized spacial score (nSPS) is 10.8. The summed E-state index contributed by atoms with van der Waals surface area (Å²) >= 11 is 0. The van der Waals surface area contributed by atoms with E-state index in [1.54, 1.807) is 7.11 Å². The van der Waals surface area contributed by atoms with Crippen LogP contribution < -0.4 is 4.74 Å². The maximum Gasteiger partial charge on any atom is 0.118 e. The van der Waals surface area contributed by atoms with Crippen molar-refractivity contribution in [3.05, 3.63) is 78.4 Å². The van der Waals surface area contributed by atoms with Crippen LogP contribution in [-0.2, 0) is 6.61 Å². The molecule has 0 spiro atoms. The lowest BCUT2D eigenvalue weighted by Gasteiger charge is -2.11. The van der Waals surface area contributed by atoms with Crippen LogP contribution >= 0.6 is 0 Å². The quantitative estimate of drug-likeness (QED) is 0.595. The lowest BCUT2D eigenvalue weighted by atomic mass is 10.0. The van der Waals surface area contributed by atoms with Crippen LogP contribution in [0, 0.1) is 0 Å². The number of methoxy groups -OCH3 is 1. The smallest absolute Gasteiger partial charge is 0.118 e. The van der Waals surface area contributed by atoms with Crippen molar-refractivity contribution in [2.75, 3.05) is 7.11 Å². The molecule has 0 radical (unpaired) electrons. The second-order valence-electron chi connectivity index (χ2n) is 6.00. The largest absolute Gasteiger partial charge is 0.497 e. The van der Waals surface area contributed by atoms with Crippen molar-refractivity contribution in [1.29, 1.82) is 0 Å². The van der Waals surface area contributed by atoms with Gasteiger partial charge in [-0.2, -0.15) is 0 Å². The maximum atomic E-state index is 9.41. The molecular formula is C22H18N2O2. The van der Waals surface area contributed by atoms with E-state index in [0.717, 1.165) is 44.9 Å². The summed E-state index contributed by atoms with van der Waals surface area (Å²) < 4.78 is 5.26. The second kappa shape index (κ2) is 6.94. The lowest BCUT2D eigenvalue weighted by Crippen LogP contribution is -1.96. The van der Waals surface area contributed by atoms with Gasteiger partial charge in [0.05, 0.1) is 36.1 Å². The molecule has 4 rings (SSSR count). The van der Waals surface area contributed by atoms with Crippen LogP contribution in [0.2, 0.25) is 0 Å². The van der Waals surface area contributed by atoms with Crippen molar-refractivity contribution in [2.45, 2.75) is 6.61 Å². The predicted octanol–water partition coefficient (Wildman–Crippen LogP) is 4.46. The van der Waals surface area contributed by atoms with Gasteiger partial charge in [0.15, 0.2) is 0 Å². The van der Waals surface area contributed by atoms with E-state index in [1.807, 2.05) is 72.8 Å². The molecule has 0 atom stereocenters. The first-order valence-corrected chi connectivity index (χ1v) is 8.40. The van der Waals surface area contributed by atoms with E-state index in [0.29, 0.717) is 0 Å². The zero-order chi connectivity index (χ0) is 17.9. The van der Waals surface area contributed by atoms with E-state index in [4.69, 9.17) is 14.7 Å². The summed E-state index contributed by atoms with van der Waals surface area (Å²) in [5, 5.41) is 9.41. The summed E-state index contributed by atoms with van der Waals surface area (Å²) in [6.07, 6.45) is 0. The number of benzene rings is 3. The fraction of sp³-hybridized carbons (Fsp3) is 0.0909. The third-order valence-electron chi connectivity index (χ3n) is 4.32. The molecule has 0 aliphatic rings. The molecule has 0 aliphatic carbocycles. The average Bonchev–Trinajstić information content (AvgIpc) is 2.73. The molecule has 0 bridgehead atoms. The van der Waals surface area contributed by atoms with Gasteiger partial charge in [-0.1, -0.05) is 36.4 Å². The second-order valence-corrected chi connectivity index (χ2v) is 6.00. The predicted molar refractivity (Wildman–Crippen MR) is 103 cm³/mol. The summed E-state index contributed by atoms with van der Waals surface area (Å²) in [5.74, 6) is 0.798. The van der Waals surface area contributed by atoms with E-state index in [2.05, 4.69) is 0 Å². The van der Waals surface area contributed by atoms with Gasteiger partial charge in [0.1, 0.15) is 5.75 Å². The number of aliphatic hydroxyl groups excluding tert-OH is 1. The van der Waals surface area contributed by atoms with Crippen LogP contribution in [0.3, 0.4) is 0 Å². The van der Waals surface area contributed by atoms with Gasteiger partial charge in [0.2, 0.25) is 0 Å². The Morgan fingerprint density at radius 1 is 0.769 bits per heavy atom. The molecule has 26 heavy (non-hydrogen) atoms. The number of nitrogens with zero attached hydrogens (tertiary/aromatic N) is 2. The highest BCUT2D eigenvalue weighted by Gasteiger charge is 2.13. The number of aliphatic hydroxyl groups is 1. The molecule has 4 nitrogen and oxygen atoms in total. The molecule has 0 saturated heterocycles. The summed E-state index contributed by atoms with van der Waals surface area (Å²) in [6.45, 7) is -0.0179. The molecule has 4 heteroatoms. The Hall–Kier alpha value is -3.24. The topological polar surface area (TPSA) is 55.2 Å². The summed E-state index contributed by atoms with van der Waals surface area (Å²) in [7, 11) is 1.65. The van der Waals surface area contributed by atoms with Crippen molar-refractivity contribution in [2.24, 2.45) is 0 Å². The molecule has 4 aromatic rings. The van der Waals surface area contributed by atoms with E-state index in [1.165, 1.54) is 0 Å². The highest BCUT2D eigenvalue weighted by molar-refractivity contribution is 5.86. The Bertz CT molecular complexity index is 1040. The van der Waals surface area contributed by atoms with Gasteiger partial charge in [-0.15, -0.1) is 0 Å². The monoisotopic (exact) mass is 342 g/mol. The summed E-state index contributed by atoms with van der Waals surface area (Å²) in [5.41, 5.74) is 6.01. The first-order chi connectivity index (χ1) is 12.8. The highest BCUT2D eigenvalue weighted by atomic mass is 16.5. The molecule has 1 heterocycles. The molecule has 1 aromatic heterocycles. The first kappa shape index (κ1) is 16.2. The van der Waals surface area contributed by atoms with Gasteiger partial charge in [0.25, 0.3) is 0 Å². The number of rotatable bonds is 4. The van der Waals surface area contributed by atoms with Crippen molar-refractivity contribution < 1.29 is 9.84 Å². The maximum absolute atomic E-state index is 9.41. The van der Waals surface area contributed by atoms with E-state index < -0.39 is 0 Å². The highest BCUT2D eigenvalue weighted by Crippen LogP contribution is 2.32. The van der Waals surface area contributed by atoms with Crippen molar-refractivity contribution >= 4 is 11.0 Å². The van der Waals surface area contributed by atoms with Crippen LogP contribution in [0.15, 0.2) is 72.8 Å². The van der Waals surface area contributed by atoms with E-state index in [-0.39, 0.29) is 6.61 Å². The van der Waals surface area contributed by atoms with Gasteiger partial charge >= 0.3 is 0 Å². The third kappa shape index (κ3) is 3.03. The minimum Gasteiger partial charge on any atom is -0.497 e. The van der Waals surface area contributed by atoms with E-state index in [9.17, 15) is 5.11 Å². The number of aromatic nitrogens is 2. The number of ether oxygens (including phenoxy) is 1. The average molecular weight is 342 g/mol. The van der Waals surface area contributed by atoms with Gasteiger partial charge in [-0.05, 0) is 42.0 Å². The van der Waals surface area contributed by atoms with Gasteiger partial charge in [-0.25, -0.2) is 9.97 Å². The minimum atomic E-state index is -0.0179. The van der Waals surface area contributed by atoms with Gasteiger partial charge < -0.3 is 9.84 Å². The standard InChI is InChI=1S/C22H18N2O2/c1-26-18-10-8-17(9-11-18)22-21(16-5-3-2-4-6-16)23-19-12-7-15(14-25)13-20(19)24-22/h2-13,25H,14H2,1H3. The fourth-order valence-electron chi connectivity index (χ4n) is 2.95. The Morgan fingerprint density at radius 3 is 2.08 bits per heavy atom. The summed E-state index contributed by atoms with van der Waals surface area (Å²) in [6, 6.07) is 23.5. The van der Waals surface area contributed by atoms with Crippen LogP contribution in [-0.4, -0.2) is 22.2 Å². The molecule has 3 aromatic carbocycles. The Labute approximate surface area is 151 Å². The Balaban J connectivity index is 1.97. The third-order valence-corrected chi connectivity index (χ3v) is 4.32. The first-order valence-electron chi connectivity index (χ1n) is 8.40. The molecular weight excluding hydrogens is 324 g/mol. The molecule has 0 saturated carbocycles. The number of fused-ring (bicyclic) bond motifs is 1. The molecule has 128 valence electrons. The van der Waals surface area contributed by atoms with Crippen LogP contribution in [0.4, 0.5) is 0 Å². The van der Waals surface area contributed by atoms with Crippen molar-refractivity contribution in [3.8, 4) is 28.3 Å². The molecule has 0 aliphatic heterocycles. The van der Waals surface area contributed by atoms with Crippen molar-refractivity contribution in [1.82, 2.24) is 9.97 Å². The summed E-state index contributed by atoms with van der Waals surface area (Å²) in [4.78, 5) is 9.74. The van der Waals surface area contributed by atoms with Crippen LogP contribution in [0.25, 0.3) is 33.5 Å². The van der Waals surface area contributed by atoms with Crippen LogP contribution in [0.5, 0.6) is 5.75 Å². The number of hydrogen-bond donors (Lipinski definition) is 1. The zero-order valence-corrected chi connectivity index (χ0v) is 14.4. The molecule has 0 amide bonds. The lowest BCUT2D eigenvalue weighted by molar-refractivity contribution is 0.282. The minimum absolute atomic E-state index is 0.0179. The number of hydrogen-bond acceptors (Lipinski definition) is 4. The zero-order valence-electron chi connectivity index (χ0n) is 14.4. The van der Waals surface area contributed by atoms with E-state index >= 15 is 0 Å². The van der Waals surface area contributed by atoms with Gasteiger partial charge in [0, 0.05) is 11.1 Å². The molecule has 0 unspecified atom stereocenters. The van der Waals surface area contributed by atoms with Crippen molar-refractivity contribution in [3.63, 3.8) is 0 Å². The Morgan fingerprint density at radius 2 is 1.42 bits per heavy atom.